The molecule has 2 aromatic rings. The van der Waals surface area contributed by atoms with Crippen LogP contribution >= 0.6 is 0 Å². The summed E-state index contributed by atoms with van der Waals surface area (Å²) in [6, 6.07) is 10.3. The number of carbonyl (C=O) groups is 1. The van der Waals surface area contributed by atoms with Crippen LogP contribution in [0.2, 0.25) is 0 Å². The Kier molecular flexibility index (Phi) is 3.66. The summed E-state index contributed by atoms with van der Waals surface area (Å²) >= 11 is 0. The molecule has 0 N–H and O–H groups in total. The van der Waals surface area contributed by atoms with Gasteiger partial charge in [0.15, 0.2) is 0 Å². The molecule has 26 heavy (non-hydrogen) atoms. The molecule has 138 valence electrons. The number of likely N-dealkylation sites (tertiary alicyclic amines) is 1. The third kappa shape index (κ3) is 2.41. The number of nitrogens with zero attached hydrogens (tertiary/aromatic N) is 3. The van der Waals surface area contributed by atoms with Gasteiger partial charge in [-0.1, -0.05) is 18.2 Å². The molecule has 3 saturated heterocycles. The minimum Gasteiger partial charge on any atom is -0.369 e. The molecule has 3 aliphatic heterocycles. The third-order valence-corrected chi connectivity index (χ3v) is 6.70. The van der Waals surface area contributed by atoms with Gasteiger partial charge in [0.1, 0.15) is 6.54 Å². The zero-order valence-electron chi connectivity index (χ0n) is 15.6. The number of benzene rings is 1. The standard InChI is InChI=1S/C21H27N3O2/c1-22(2)11-16-17-12-24(14-21(17)9-7-19(16)26-21)20(25)13-23-10-8-15-5-3-4-6-18(15)23/h3-6,8,10,16-17,19H,7,9,11-14H2,1-2H3/t16-,17+,19+,21+/m0/s1. The normalized spacial score (nSPS) is 32.7. The zero-order chi connectivity index (χ0) is 17.9. The van der Waals surface area contributed by atoms with E-state index in [9.17, 15) is 4.79 Å². The Hall–Kier alpha value is -1.85. The third-order valence-electron chi connectivity index (χ3n) is 6.70. The van der Waals surface area contributed by atoms with Crippen molar-refractivity contribution in [1.29, 1.82) is 0 Å². The first kappa shape index (κ1) is 16.3. The van der Waals surface area contributed by atoms with Gasteiger partial charge in [-0.15, -0.1) is 0 Å². The second-order valence-electron chi connectivity index (χ2n) is 8.57. The summed E-state index contributed by atoms with van der Waals surface area (Å²) in [6.45, 7) is 3.10. The minimum atomic E-state index is -0.0697. The molecular weight excluding hydrogens is 326 g/mol. The number of carbonyl (C=O) groups excluding carboxylic acids is 1. The second-order valence-corrected chi connectivity index (χ2v) is 8.57. The predicted molar refractivity (Wildman–Crippen MR) is 101 cm³/mol. The maximum Gasteiger partial charge on any atom is 0.242 e. The SMILES string of the molecule is CN(C)C[C@H]1[C@H]2CN(C(=O)Cn3ccc4ccccc43)C[C@]23CC[C@H]1O3. The average molecular weight is 353 g/mol. The maximum atomic E-state index is 13.0. The van der Waals surface area contributed by atoms with Gasteiger partial charge in [0.05, 0.1) is 18.2 Å². The van der Waals surface area contributed by atoms with E-state index >= 15 is 0 Å². The lowest BCUT2D eigenvalue weighted by Gasteiger charge is -2.30. The molecule has 1 aromatic carbocycles. The van der Waals surface area contributed by atoms with E-state index in [1.54, 1.807) is 0 Å². The monoisotopic (exact) mass is 353 g/mol. The van der Waals surface area contributed by atoms with Crippen LogP contribution in [-0.4, -0.2) is 65.7 Å². The van der Waals surface area contributed by atoms with Gasteiger partial charge in [-0.05, 0) is 44.5 Å². The predicted octanol–water partition coefficient (Wildman–Crippen LogP) is 2.21. The van der Waals surface area contributed by atoms with E-state index in [4.69, 9.17) is 4.74 Å². The Balaban J connectivity index is 1.33. The van der Waals surface area contributed by atoms with Crippen LogP contribution in [0.25, 0.3) is 10.9 Å². The van der Waals surface area contributed by atoms with Crippen LogP contribution in [0, 0.1) is 11.8 Å². The molecular formula is C21H27N3O2. The van der Waals surface area contributed by atoms with Gasteiger partial charge in [-0.2, -0.15) is 0 Å². The minimum absolute atomic E-state index is 0.0697. The number of fused-ring (bicyclic) bond motifs is 2. The van der Waals surface area contributed by atoms with Crippen LogP contribution < -0.4 is 0 Å². The number of aromatic nitrogens is 1. The fourth-order valence-corrected chi connectivity index (χ4v) is 5.57. The van der Waals surface area contributed by atoms with Crippen LogP contribution in [-0.2, 0) is 16.1 Å². The van der Waals surface area contributed by atoms with Gasteiger partial charge < -0.3 is 19.1 Å². The number of hydrogen-bond acceptors (Lipinski definition) is 3. The molecule has 3 aliphatic rings. The molecule has 4 atom stereocenters. The molecule has 1 amide bonds. The first-order chi connectivity index (χ1) is 12.6. The summed E-state index contributed by atoms with van der Waals surface area (Å²) in [7, 11) is 4.27. The summed E-state index contributed by atoms with van der Waals surface area (Å²) in [6.07, 6.45) is 4.68. The van der Waals surface area contributed by atoms with Crippen molar-refractivity contribution in [1.82, 2.24) is 14.4 Å². The molecule has 4 heterocycles. The fourth-order valence-electron chi connectivity index (χ4n) is 5.57. The van der Waals surface area contributed by atoms with Crippen LogP contribution in [0.3, 0.4) is 0 Å². The average Bonchev–Trinajstić information content (AvgIpc) is 3.35. The maximum absolute atomic E-state index is 13.0. The van der Waals surface area contributed by atoms with Crippen molar-refractivity contribution in [3.63, 3.8) is 0 Å². The first-order valence-corrected chi connectivity index (χ1v) is 9.70. The molecule has 5 rings (SSSR count). The Bertz CT molecular complexity index is 845. The van der Waals surface area contributed by atoms with Crippen LogP contribution in [0.1, 0.15) is 12.8 Å². The number of ether oxygens (including phenoxy) is 1. The number of para-hydroxylation sites is 1. The quantitative estimate of drug-likeness (QED) is 0.846. The van der Waals surface area contributed by atoms with Crippen molar-refractivity contribution >= 4 is 16.8 Å². The molecule has 0 aliphatic carbocycles. The molecule has 1 spiro atoms. The van der Waals surface area contributed by atoms with Crippen molar-refractivity contribution < 1.29 is 9.53 Å². The van der Waals surface area contributed by atoms with Gasteiger partial charge >= 0.3 is 0 Å². The number of amides is 1. The topological polar surface area (TPSA) is 37.7 Å². The van der Waals surface area contributed by atoms with E-state index in [1.165, 1.54) is 5.39 Å². The van der Waals surface area contributed by atoms with Crippen LogP contribution in [0.15, 0.2) is 36.5 Å². The van der Waals surface area contributed by atoms with Crippen molar-refractivity contribution in [3.05, 3.63) is 36.5 Å². The smallest absolute Gasteiger partial charge is 0.242 e. The van der Waals surface area contributed by atoms with E-state index in [-0.39, 0.29) is 11.5 Å². The molecule has 0 unspecified atom stereocenters. The van der Waals surface area contributed by atoms with Crippen LogP contribution in [0.4, 0.5) is 0 Å². The first-order valence-electron chi connectivity index (χ1n) is 9.70. The molecule has 2 bridgehead atoms. The molecule has 3 fully saturated rings. The van der Waals surface area contributed by atoms with E-state index in [0.717, 1.165) is 38.0 Å². The Labute approximate surface area is 154 Å². The summed E-state index contributed by atoms with van der Waals surface area (Å²) in [5.41, 5.74) is 1.06. The van der Waals surface area contributed by atoms with Gasteiger partial charge in [-0.25, -0.2) is 0 Å². The number of hydrogen-bond donors (Lipinski definition) is 0. The van der Waals surface area contributed by atoms with Gasteiger partial charge in [0.25, 0.3) is 0 Å². The van der Waals surface area contributed by atoms with Crippen LogP contribution in [0.5, 0.6) is 0 Å². The highest BCUT2D eigenvalue weighted by molar-refractivity contribution is 5.83. The van der Waals surface area contributed by atoms with Crippen molar-refractivity contribution in [3.8, 4) is 0 Å². The Morgan fingerprint density at radius 3 is 3.00 bits per heavy atom. The highest BCUT2D eigenvalue weighted by atomic mass is 16.5. The zero-order valence-corrected chi connectivity index (χ0v) is 15.6. The molecule has 5 heteroatoms. The summed E-state index contributed by atoms with van der Waals surface area (Å²) in [5, 5.41) is 1.19. The van der Waals surface area contributed by atoms with Gasteiger partial charge in [0, 0.05) is 36.6 Å². The Morgan fingerprint density at radius 2 is 2.15 bits per heavy atom. The lowest BCUT2D eigenvalue weighted by Crippen LogP contribution is -2.40. The second kappa shape index (κ2) is 5.83. The summed E-state index contributed by atoms with van der Waals surface area (Å²) in [5.74, 6) is 1.27. The summed E-state index contributed by atoms with van der Waals surface area (Å²) in [4.78, 5) is 17.3. The molecule has 0 saturated carbocycles. The van der Waals surface area contributed by atoms with Crippen molar-refractivity contribution in [2.24, 2.45) is 11.8 Å². The fraction of sp³-hybridized carbons (Fsp3) is 0.571. The van der Waals surface area contributed by atoms with Gasteiger partial charge in [0.2, 0.25) is 5.91 Å². The molecule has 0 radical (unpaired) electrons. The highest BCUT2D eigenvalue weighted by Gasteiger charge is 2.63. The lowest BCUT2D eigenvalue weighted by atomic mass is 9.73. The molecule has 5 nitrogen and oxygen atoms in total. The van der Waals surface area contributed by atoms with E-state index in [1.807, 2.05) is 18.3 Å². The molecule has 1 aromatic heterocycles. The van der Waals surface area contributed by atoms with E-state index in [2.05, 4.69) is 46.7 Å². The largest absolute Gasteiger partial charge is 0.369 e. The lowest BCUT2D eigenvalue weighted by molar-refractivity contribution is -0.132. The Morgan fingerprint density at radius 1 is 1.31 bits per heavy atom. The number of rotatable bonds is 4. The van der Waals surface area contributed by atoms with Crippen molar-refractivity contribution in [2.45, 2.75) is 31.1 Å². The van der Waals surface area contributed by atoms with Gasteiger partial charge in [-0.3, -0.25) is 4.79 Å². The van der Waals surface area contributed by atoms with E-state index in [0.29, 0.717) is 24.5 Å². The highest BCUT2D eigenvalue weighted by Crippen LogP contribution is 2.54. The summed E-state index contributed by atoms with van der Waals surface area (Å²) < 4.78 is 8.52. The van der Waals surface area contributed by atoms with E-state index < -0.39 is 0 Å². The van der Waals surface area contributed by atoms with Crippen molar-refractivity contribution in [2.75, 3.05) is 33.7 Å².